The normalized spacial score (nSPS) is 13.3. The molecule has 0 aliphatic rings. The minimum absolute atomic E-state index is 0.0000810. The van der Waals surface area contributed by atoms with Crippen molar-refractivity contribution in [1.82, 2.24) is 0 Å². The average molecular weight is 249 g/mol. The van der Waals surface area contributed by atoms with Gasteiger partial charge in [0.2, 0.25) is 0 Å². The minimum atomic E-state index is -2.22. The molecule has 0 aliphatic heterocycles. The van der Waals surface area contributed by atoms with Crippen LogP contribution in [0.15, 0.2) is 0 Å². The quantitative estimate of drug-likeness (QED) is 0.504. The zero-order valence-electron chi connectivity index (χ0n) is 10.1. The van der Waals surface area contributed by atoms with Crippen molar-refractivity contribution >= 4 is 14.0 Å². The summed E-state index contributed by atoms with van der Waals surface area (Å²) in [6, 6.07) is 0. The fourth-order valence-corrected chi connectivity index (χ4v) is 1.74. The van der Waals surface area contributed by atoms with E-state index in [0.717, 1.165) is 25.7 Å². The SMILES string of the molecule is CCCCC(CC)COC(=O)CC[P+](=O)O. The van der Waals surface area contributed by atoms with Gasteiger partial charge in [-0.25, -0.2) is 0 Å². The van der Waals surface area contributed by atoms with Gasteiger partial charge in [-0.05, 0) is 16.9 Å². The van der Waals surface area contributed by atoms with E-state index >= 15 is 0 Å². The second-order valence-corrected chi connectivity index (χ2v) is 5.08. The van der Waals surface area contributed by atoms with E-state index in [9.17, 15) is 9.36 Å². The van der Waals surface area contributed by atoms with Crippen LogP contribution in [0.25, 0.3) is 0 Å². The van der Waals surface area contributed by atoms with E-state index in [0.29, 0.717) is 12.5 Å². The number of hydrogen-bond donors (Lipinski definition) is 1. The second kappa shape index (κ2) is 9.73. The fourth-order valence-electron chi connectivity index (χ4n) is 1.37. The van der Waals surface area contributed by atoms with Crippen molar-refractivity contribution in [2.45, 2.75) is 46.0 Å². The van der Waals surface area contributed by atoms with Gasteiger partial charge in [-0.3, -0.25) is 4.79 Å². The van der Waals surface area contributed by atoms with Gasteiger partial charge in [-0.2, -0.15) is 4.89 Å². The van der Waals surface area contributed by atoms with Crippen LogP contribution in [-0.2, 0) is 14.1 Å². The molecule has 0 aliphatic carbocycles. The maximum atomic E-state index is 11.2. The highest BCUT2D eigenvalue weighted by molar-refractivity contribution is 7.38. The Bertz CT molecular complexity index is 218. The van der Waals surface area contributed by atoms with Crippen LogP contribution in [-0.4, -0.2) is 23.6 Å². The molecule has 0 saturated carbocycles. The number of carbonyl (C=O) groups is 1. The van der Waals surface area contributed by atoms with Crippen LogP contribution in [0.1, 0.15) is 46.0 Å². The molecule has 5 heteroatoms. The summed E-state index contributed by atoms with van der Waals surface area (Å²) in [5.74, 6) is 0.0548. The van der Waals surface area contributed by atoms with Crippen molar-refractivity contribution in [3.63, 3.8) is 0 Å². The molecule has 16 heavy (non-hydrogen) atoms. The molecule has 0 aromatic carbocycles. The Balaban J connectivity index is 3.66. The zero-order chi connectivity index (χ0) is 12.4. The van der Waals surface area contributed by atoms with Crippen molar-refractivity contribution in [2.75, 3.05) is 12.8 Å². The Hall–Kier alpha value is -0.470. The highest BCUT2D eigenvalue weighted by Gasteiger charge is 2.16. The lowest BCUT2D eigenvalue weighted by Gasteiger charge is -2.13. The molecule has 0 aromatic heterocycles. The molecule has 0 fully saturated rings. The van der Waals surface area contributed by atoms with Gasteiger partial charge in [0, 0.05) is 0 Å². The van der Waals surface area contributed by atoms with Gasteiger partial charge in [-0.15, -0.1) is 0 Å². The first-order valence-corrected chi connectivity index (χ1v) is 7.29. The van der Waals surface area contributed by atoms with Crippen LogP contribution in [0.5, 0.6) is 0 Å². The Morgan fingerprint density at radius 1 is 1.44 bits per heavy atom. The Labute approximate surface area is 98.2 Å². The van der Waals surface area contributed by atoms with Gasteiger partial charge < -0.3 is 4.74 Å². The Kier molecular flexibility index (Phi) is 9.45. The van der Waals surface area contributed by atoms with Crippen molar-refractivity contribution in [3.05, 3.63) is 0 Å². The van der Waals surface area contributed by atoms with Gasteiger partial charge in [-0.1, -0.05) is 33.1 Å². The van der Waals surface area contributed by atoms with Crippen molar-refractivity contribution in [2.24, 2.45) is 5.92 Å². The molecule has 2 atom stereocenters. The lowest BCUT2D eigenvalue weighted by Crippen LogP contribution is -2.14. The molecular weight excluding hydrogens is 227 g/mol. The average Bonchev–Trinajstić information content (AvgIpc) is 2.26. The van der Waals surface area contributed by atoms with Gasteiger partial charge >= 0.3 is 14.0 Å². The third kappa shape index (κ3) is 8.81. The first-order valence-electron chi connectivity index (χ1n) is 5.89. The molecule has 94 valence electrons. The highest BCUT2D eigenvalue weighted by atomic mass is 31.1. The largest absolute Gasteiger partial charge is 0.506 e. The second-order valence-electron chi connectivity index (χ2n) is 3.93. The molecule has 0 radical (unpaired) electrons. The van der Waals surface area contributed by atoms with Gasteiger partial charge in [0.1, 0.15) is 0 Å². The number of carbonyl (C=O) groups excluding carboxylic acids is 1. The molecule has 0 rings (SSSR count). The standard InChI is InChI=1S/C11H21O4P/c1-3-5-6-10(4-2)9-15-11(12)7-8-16(13)14/h10H,3-9H2,1-2H3/p+1. The van der Waals surface area contributed by atoms with E-state index in [4.69, 9.17) is 9.63 Å². The van der Waals surface area contributed by atoms with Crippen molar-refractivity contribution < 1.29 is 19.0 Å². The number of unbranched alkanes of at least 4 members (excludes halogenated alkanes) is 1. The summed E-state index contributed by atoms with van der Waals surface area (Å²) < 4.78 is 15.4. The van der Waals surface area contributed by atoms with Gasteiger partial charge in [0.25, 0.3) is 0 Å². The Morgan fingerprint density at radius 2 is 2.12 bits per heavy atom. The zero-order valence-corrected chi connectivity index (χ0v) is 11.0. The summed E-state index contributed by atoms with van der Waals surface area (Å²) in [5, 5.41) is 0. The van der Waals surface area contributed by atoms with Crippen molar-refractivity contribution in [1.29, 1.82) is 0 Å². The molecule has 0 heterocycles. The first kappa shape index (κ1) is 15.5. The van der Waals surface area contributed by atoms with E-state index in [1.807, 2.05) is 0 Å². The molecule has 1 N–H and O–H groups in total. The lowest BCUT2D eigenvalue weighted by atomic mass is 10.0. The third-order valence-corrected chi connectivity index (χ3v) is 3.14. The monoisotopic (exact) mass is 249 g/mol. The van der Waals surface area contributed by atoms with Crippen molar-refractivity contribution in [3.8, 4) is 0 Å². The Morgan fingerprint density at radius 3 is 2.62 bits per heavy atom. The summed E-state index contributed by atoms with van der Waals surface area (Å²) in [6.07, 6.45) is 4.42. The van der Waals surface area contributed by atoms with Crippen LogP contribution >= 0.6 is 8.03 Å². The maximum Gasteiger partial charge on any atom is 0.506 e. The molecule has 0 amide bonds. The summed E-state index contributed by atoms with van der Waals surface area (Å²) in [5.41, 5.74) is 0. The first-order chi connectivity index (χ1) is 7.60. The van der Waals surface area contributed by atoms with Crippen LogP contribution in [0.3, 0.4) is 0 Å². The molecular formula is C11H22O4P+. The lowest BCUT2D eigenvalue weighted by molar-refractivity contribution is -0.144. The summed E-state index contributed by atoms with van der Waals surface area (Å²) in [6.45, 7) is 4.66. The third-order valence-electron chi connectivity index (χ3n) is 2.53. The molecule has 0 bridgehead atoms. The van der Waals surface area contributed by atoms with E-state index in [2.05, 4.69) is 13.8 Å². The molecule has 0 saturated heterocycles. The molecule has 4 nitrogen and oxygen atoms in total. The highest BCUT2D eigenvalue weighted by Crippen LogP contribution is 2.16. The molecule has 0 spiro atoms. The van der Waals surface area contributed by atoms with Gasteiger partial charge in [0.05, 0.1) is 13.0 Å². The summed E-state index contributed by atoms with van der Waals surface area (Å²) in [7, 11) is -2.22. The van der Waals surface area contributed by atoms with Crippen LogP contribution < -0.4 is 0 Å². The van der Waals surface area contributed by atoms with Gasteiger partial charge in [0.15, 0.2) is 6.16 Å². The number of hydrogen-bond acceptors (Lipinski definition) is 3. The van der Waals surface area contributed by atoms with E-state index in [-0.39, 0.29) is 18.6 Å². The topological polar surface area (TPSA) is 63.6 Å². The van der Waals surface area contributed by atoms with E-state index in [1.54, 1.807) is 0 Å². The van der Waals surface area contributed by atoms with Crippen LogP contribution in [0, 0.1) is 5.92 Å². The predicted molar refractivity (Wildman–Crippen MR) is 63.6 cm³/mol. The maximum absolute atomic E-state index is 11.2. The van der Waals surface area contributed by atoms with E-state index in [1.165, 1.54) is 0 Å². The van der Waals surface area contributed by atoms with Crippen LogP contribution in [0.2, 0.25) is 0 Å². The van der Waals surface area contributed by atoms with E-state index < -0.39 is 8.03 Å². The number of rotatable bonds is 9. The summed E-state index contributed by atoms with van der Waals surface area (Å²) in [4.78, 5) is 19.7. The predicted octanol–water partition coefficient (Wildman–Crippen LogP) is 2.87. The summed E-state index contributed by atoms with van der Waals surface area (Å²) >= 11 is 0. The molecule has 2 unspecified atom stereocenters. The van der Waals surface area contributed by atoms with Crippen LogP contribution in [0.4, 0.5) is 0 Å². The molecule has 0 aromatic rings. The number of esters is 1. The smallest absolute Gasteiger partial charge is 0.465 e. The minimum Gasteiger partial charge on any atom is -0.465 e. The number of ether oxygens (including phenoxy) is 1. The fraction of sp³-hybridized carbons (Fsp3) is 0.909.